The first kappa shape index (κ1) is 9.99. The van der Waals surface area contributed by atoms with Crippen LogP contribution in [0.25, 0.3) is 0 Å². The Bertz CT molecular complexity index is 312. The summed E-state index contributed by atoms with van der Waals surface area (Å²) in [6.45, 7) is 4.31. The standard InChI is InChI=1S/C9H11ClN2O/c1-3-4-5-13-8-7(2)6-11-9(10)12-8/h3-4,6H,5H2,1-2H3/b4-3+. The molecule has 0 saturated carbocycles. The van der Waals surface area contributed by atoms with Gasteiger partial charge in [0.25, 0.3) is 0 Å². The molecular formula is C9H11ClN2O. The molecule has 0 fully saturated rings. The molecule has 0 radical (unpaired) electrons. The summed E-state index contributed by atoms with van der Waals surface area (Å²) >= 11 is 5.61. The molecule has 13 heavy (non-hydrogen) atoms. The van der Waals surface area contributed by atoms with Gasteiger partial charge in [0.1, 0.15) is 6.61 Å². The fourth-order valence-electron chi connectivity index (χ4n) is 0.776. The van der Waals surface area contributed by atoms with Crippen LogP contribution in [-0.2, 0) is 0 Å². The van der Waals surface area contributed by atoms with Crippen molar-refractivity contribution in [2.75, 3.05) is 6.61 Å². The summed E-state index contributed by atoms with van der Waals surface area (Å²) < 4.78 is 5.34. The van der Waals surface area contributed by atoms with Crippen molar-refractivity contribution in [1.29, 1.82) is 0 Å². The van der Waals surface area contributed by atoms with Crippen molar-refractivity contribution in [1.82, 2.24) is 9.97 Å². The molecule has 0 saturated heterocycles. The lowest BCUT2D eigenvalue weighted by Crippen LogP contribution is -1.99. The first-order chi connectivity index (χ1) is 6.24. The molecule has 0 unspecified atom stereocenters. The quantitative estimate of drug-likeness (QED) is 0.553. The second-order valence-corrected chi connectivity index (χ2v) is 2.85. The Morgan fingerprint density at radius 2 is 2.38 bits per heavy atom. The third-order valence-corrected chi connectivity index (χ3v) is 1.63. The van der Waals surface area contributed by atoms with E-state index in [9.17, 15) is 0 Å². The van der Waals surface area contributed by atoms with E-state index in [0.717, 1.165) is 5.56 Å². The Morgan fingerprint density at radius 1 is 1.62 bits per heavy atom. The Morgan fingerprint density at radius 3 is 3.08 bits per heavy atom. The van der Waals surface area contributed by atoms with Crippen LogP contribution >= 0.6 is 11.6 Å². The molecule has 0 aliphatic heterocycles. The van der Waals surface area contributed by atoms with Crippen LogP contribution in [0.5, 0.6) is 5.88 Å². The number of rotatable bonds is 3. The van der Waals surface area contributed by atoms with E-state index < -0.39 is 0 Å². The normalized spacial score (nSPS) is 10.7. The zero-order chi connectivity index (χ0) is 9.68. The average molecular weight is 199 g/mol. The van der Waals surface area contributed by atoms with Crippen molar-refractivity contribution in [3.8, 4) is 5.88 Å². The Hall–Kier alpha value is -1.09. The Labute approximate surface area is 82.4 Å². The highest BCUT2D eigenvalue weighted by Gasteiger charge is 2.01. The molecule has 3 nitrogen and oxygen atoms in total. The van der Waals surface area contributed by atoms with E-state index in [4.69, 9.17) is 16.3 Å². The maximum absolute atomic E-state index is 5.61. The number of halogens is 1. The molecule has 0 atom stereocenters. The highest BCUT2D eigenvalue weighted by Crippen LogP contribution is 2.14. The number of allylic oxidation sites excluding steroid dienone is 1. The minimum absolute atomic E-state index is 0.209. The van der Waals surface area contributed by atoms with Gasteiger partial charge in [-0.15, -0.1) is 0 Å². The van der Waals surface area contributed by atoms with Crippen molar-refractivity contribution < 1.29 is 4.74 Å². The topological polar surface area (TPSA) is 35.0 Å². The molecule has 0 spiro atoms. The Balaban J connectivity index is 2.69. The van der Waals surface area contributed by atoms with Crippen molar-refractivity contribution in [3.63, 3.8) is 0 Å². The summed E-state index contributed by atoms with van der Waals surface area (Å²) in [5.74, 6) is 0.540. The smallest absolute Gasteiger partial charge is 0.225 e. The average Bonchev–Trinajstić information content (AvgIpc) is 2.11. The number of ether oxygens (including phenoxy) is 1. The van der Waals surface area contributed by atoms with E-state index in [0.29, 0.717) is 12.5 Å². The summed E-state index contributed by atoms with van der Waals surface area (Å²) in [6.07, 6.45) is 5.45. The van der Waals surface area contributed by atoms with Crippen LogP contribution in [0.15, 0.2) is 18.3 Å². The van der Waals surface area contributed by atoms with Crippen LogP contribution in [-0.4, -0.2) is 16.6 Å². The van der Waals surface area contributed by atoms with Gasteiger partial charge in [0, 0.05) is 11.8 Å². The fraction of sp³-hybridized carbons (Fsp3) is 0.333. The van der Waals surface area contributed by atoms with E-state index in [1.807, 2.05) is 26.0 Å². The summed E-state index contributed by atoms with van der Waals surface area (Å²) in [4.78, 5) is 7.77. The summed E-state index contributed by atoms with van der Waals surface area (Å²) in [7, 11) is 0. The Kier molecular flexibility index (Phi) is 3.71. The largest absolute Gasteiger partial charge is 0.473 e. The highest BCUT2D eigenvalue weighted by atomic mass is 35.5. The third kappa shape index (κ3) is 3.03. The van der Waals surface area contributed by atoms with Gasteiger partial charge in [-0.25, -0.2) is 4.98 Å². The molecule has 1 heterocycles. The second-order valence-electron chi connectivity index (χ2n) is 2.51. The lowest BCUT2D eigenvalue weighted by atomic mass is 10.4. The summed E-state index contributed by atoms with van der Waals surface area (Å²) in [6, 6.07) is 0. The molecule has 0 bridgehead atoms. The number of hydrogen-bond donors (Lipinski definition) is 0. The molecule has 1 rings (SSSR count). The summed E-state index contributed by atoms with van der Waals surface area (Å²) in [5.41, 5.74) is 0.883. The van der Waals surface area contributed by atoms with Gasteiger partial charge in [0.2, 0.25) is 11.2 Å². The van der Waals surface area contributed by atoms with Gasteiger partial charge in [-0.05, 0) is 25.4 Å². The molecular weight excluding hydrogens is 188 g/mol. The van der Waals surface area contributed by atoms with E-state index in [1.165, 1.54) is 0 Å². The lowest BCUT2D eigenvalue weighted by Gasteiger charge is -2.04. The van der Waals surface area contributed by atoms with Crippen molar-refractivity contribution in [2.24, 2.45) is 0 Å². The first-order valence-corrected chi connectivity index (χ1v) is 4.35. The van der Waals surface area contributed by atoms with E-state index in [2.05, 4.69) is 9.97 Å². The molecule has 0 amide bonds. The molecule has 0 aromatic carbocycles. The molecule has 0 N–H and O–H groups in total. The number of aryl methyl sites for hydroxylation is 1. The van der Waals surface area contributed by atoms with Crippen LogP contribution in [0.4, 0.5) is 0 Å². The van der Waals surface area contributed by atoms with Crippen molar-refractivity contribution >= 4 is 11.6 Å². The molecule has 1 aromatic rings. The SMILES string of the molecule is C/C=C/COc1nc(Cl)ncc1C. The summed E-state index contributed by atoms with van der Waals surface area (Å²) in [5, 5.41) is 0.209. The van der Waals surface area contributed by atoms with Gasteiger partial charge in [0.05, 0.1) is 0 Å². The predicted molar refractivity (Wildman–Crippen MR) is 52.1 cm³/mol. The minimum atomic E-state index is 0.209. The minimum Gasteiger partial charge on any atom is -0.473 e. The van der Waals surface area contributed by atoms with E-state index in [-0.39, 0.29) is 5.28 Å². The number of hydrogen-bond acceptors (Lipinski definition) is 3. The van der Waals surface area contributed by atoms with Crippen LogP contribution in [0.3, 0.4) is 0 Å². The number of aromatic nitrogens is 2. The molecule has 70 valence electrons. The zero-order valence-electron chi connectivity index (χ0n) is 7.62. The van der Waals surface area contributed by atoms with Crippen LogP contribution in [0.1, 0.15) is 12.5 Å². The zero-order valence-corrected chi connectivity index (χ0v) is 8.38. The molecule has 0 aliphatic rings. The van der Waals surface area contributed by atoms with Crippen molar-refractivity contribution in [2.45, 2.75) is 13.8 Å². The van der Waals surface area contributed by atoms with Gasteiger partial charge >= 0.3 is 0 Å². The third-order valence-electron chi connectivity index (χ3n) is 1.45. The van der Waals surface area contributed by atoms with E-state index >= 15 is 0 Å². The molecule has 1 aromatic heterocycles. The second kappa shape index (κ2) is 4.82. The first-order valence-electron chi connectivity index (χ1n) is 3.97. The fourth-order valence-corrected chi connectivity index (χ4v) is 0.901. The molecule has 4 heteroatoms. The predicted octanol–water partition coefficient (Wildman–Crippen LogP) is 2.39. The highest BCUT2D eigenvalue weighted by molar-refractivity contribution is 6.28. The maximum atomic E-state index is 5.61. The van der Waals surface area contributed by atoms with Crippen LogP contribution in [0, 0.1) is 6.92 Å². The van der Waals surface area contributed by atoms with Crippen molar-refractivity contribution in [3.05, 3.63) is 29.2 Å². The monoisotopic (exact) mass is 198 g/mol. The van der Waals surface area contributed by atoms with Crippen LogP contribution < -0.4 is 4.74 Å². The molecule has 0 aliphatic carbocycles. The van der Waals surface area contributed by atoms with E-state index in [1.54, 1.807) is 6.20 Å². The van der Waals surface area contributed by atoms with Crippen LogP contribution in [0.2, 0.25) is 5.28 Å². The number of nitrogens with zero attached hydrogens (tertiary/aromatic N) is 2. The van der Waals surface area contributed by atoms with Gasteiger partial charge in [0.15, 0.2) is 0 Å². The van der Waals surface area contributed by atoms with Gasteiger partial charge in [-0.3, -0.25) is 0 Å². The maximum Gasteiger partial charge on any atom is 0.225 e. The van der Waals surface area contributed by atoms with Gasteiger partial charge < -0.3 is 4.74 Å². The van der Waals surface area contributed by atoms with Gasteiger partial charge in [-0.1, -0.05) is 12.2 Å². The lowest BCUT2D eigenvalue weighted by molar-refractivity contribution is 0.344. The van der Waals surface area contributed by atoms with Gasteiger partial charge in [-0.2, -0.15) is 4.98 Å².